The predicted molar refractivity (Wildman–Crippen MR) is 137 cm³/mol. The number of anilines is 1. The van der Waals surface area contributed by atoms with Crippen LogP contribution in [-0.2, 0) is 16.1 Å². The summed E-state index contributed by atoms with van der Waals surface area (Å²) in [6, 6.07) is 18.6. The van der Waals surface area contributed by atoms with Gasteiger partial charge >= 0.3 is 0 Å². The van der Waals surface area contributed by atoms with E-state index < -0.39 is 17.0 Å². The number of nitrogens with one attached hydrogen (secondary N) is 1. The van der Waals surface area contributed by atoms with Crippen molar-refractivity contribution in [2.45, 2.75) is 13.5 Å². The third kappa shape index (κ3) is 5.98. The van der Waals surface area contributed by atoms with Crippen molar-refractivity contribution < 1.29 is 23.5 Å². The summed E-state index contributed by atoms with van der Waals surface area (Å²) in [5.41, 5.74) is 2.60. The quantitative estimate of drug-likeness (QED) is 0.354. The summed E-state index contributed by atoms with van der Waals surface area (Å²) in [5, 5.41) is 2.35. The smallest absolute Gasteiger partial charge is 0.293 e. The normalized spacial score (nSPS) is 14.5. The highest BCUT2D eigenvalue weighted by Crippen LogP contribution is 2.35. The maximum atomic E-state index is 14.0. The van der Waals surface area contributed by atoms with Crippen molar-refractivity contribution in [1.82, 2.24) is 4.90 Å². The second-order valence-corrected chi connectivity index (χ2v) is 9.55. The van der Waals surface area contributed by atoms with Gasteiger partial charge in [0.25, 0.3) is 17.1 Å². The Hall–Kier alpha value is -3.43. The molecule has 4 rings (SSSR count). The van der Waals surface area contributed by atoms with Gasteiger partial charge in [0.2, 0.25) is 0 Å². The number of hydrogen-bond donors (Lipinski definition) is 1. The largest absolute Gasteiger partial charge is 0.483 e. The van der Waals surface area contributed by atoms with Crippen LogP contribution in [-0.4, -0.2) is 28.6 Å². The molecule has 1 aliphatic heterocycles. The number of carbonyl (C=O) groups is 3. The number of nitrogens with zero attached hydrogens (tertiary/aromatic N) is 1. The summed E-state index contributed by atoms with van der Waals surface area (Å²) in [7, 11) is 0. The van der Waals surface area contributed by atoms with E-state index in [2.05, 4.69) is 21.2 Å². The van der Waals surface area contributed by atoms with Crippen LogP contribution in [0.4, 0.5) is 14.9 Å². The van der Waals surface area contributed by atoms with Crippen molar-refractivity contribution >= 4 is 56.5 Å². The zero-order valence-electron chi connectivity index (χ0n) is 18.6. The topological polar surface area (TPSA) is 75.7 Å². The summed E-state index contributed by atoms with van der Waals surface area (Å²) in [5.74, 6) is -0.788. The van der Waals surface area contributed by atoms with E-state index >= 15 is 0 Å². The van der Waals surface area contributed by atoms with Crippen LogP contribution in [0, 0.1) is 12.7 Å². The van der Waals surface area contributed by atoms with Crippen LogP contribution in [0.3, 0.4) is 0 Å². The fourth-order valence-electron chi connectivity index (χ4n) is 3.35. The summed E-state index contributed by atoms with van der Waals surface area (Å²) < 4.78 is 20.2. The standard InChI is InChI=1S/C26H20BrFN2O4S/c1-16-6-2-5-9-21(16)29-24(31)15-34-22-11-10-17(12-19(22)27)13-23-25(32)30(26(33)35-23)14-18-7-3-4-8-20(18)28/h2-13H,14-15H2,1H3,(H,29,31)/b23-13-. The molecule has 3 aromatic carbocycles. The molecule has 0 radical (unpaired) electrons. The number of carbonyl (C=O) groups excluding carboxylic acids is 3. The Morgan fingerprint density at radius 1 is 1.11 bits per heavy atom. The van der Waals surface area contributed by atoms with Crippen LogP contribution < -0.4 is 10.1 Å². The molecule has 178 valence electrons. The Labute approximate surface area is 214 Å². The van der Waals surface area contributed by atoms with Crippen LogP contribution in [0.5, 0.6) is 5.75 Å². The fourth-order valence-corrected chi connectivity index (χ4v) is 4.70. The Morgan fingerprint density at radius 3 is 2.60 bits per heavy atom. The molecule has 9 heteroatoms. The van der Waals surface area contributed by atoms with Gasteiger partial charge in [0.15, 0.2) is 6.61 Å². The van der Waals surface area contributed by atoms with Gasteiger partial charge in [-0.1, -0.05) is 42.5 Å². The highest BCUT2D eigenvalue weighted by atomic mass is 79.9. The van der Waals surface area contributed by atoms with Gasteiger partial charge in [-0.15, -0.1) is 0 Å². The van der Waals surface area contributed by atoms with Gasteiger partial charge in [0.05, 0.1) is 15.9 Å². The Kier molecular flexibility index (Phi) is 7.67. The second-order valence-electron chi connectivity index (χ2n) is 7.70. The third-order valence-corrected chi connectivity index (χ3v) is 6.72. The lowest BCUT2D eigenvalue weighted by atomic mass is 10.2. The van der Waals surface area contributed by atoms with Crippen molar-refractivity contribution in [1.29, 1.82) is 0 Å². The molecule has 1 saturated heterocycles. The van der Waals surface area contributed by atoms with Crippen LogP contribution >= 0.6 is 27.7 Å². The summed E-state index contributed by atoms with van der Waals surface area (Å²) in [6.07, 6.45) is 1.59. The first-order chi connectivity index (χ1) is 16.8. The van der Waals surface area contributed by atoms with Gasteiger partial charge in [0, 0.05) is 11.3 Å². The van der Waals surface area contributed by atoms with E-state index in [4.69, 9.17) is 4.74 Å². The molecular formula is C26H20BrFN2O4S. The van der Waals surface area contributed by atoms with Crippen molar-refractivity contribution in [2.24, 2.45) is 0 Å². The molecule has 1 aliphatic rings. The number of para-hydroxylation sites is 1. The van der Waals surface area contributed by atoms with Crippen molar-refractivity contribution in [3.8, 4) is 5.75 Å². The molecular weight excluding hydrogens is 535 g/mol. The van der Waals surface area contributed by atoms with E-state index in [1.807, 2.05) is 31.2 Å². The number of imide groups is 1. The monoisotopic (exact) mass is 554 g/mol. The highest BCUT2D eigenvalue weighted by molar-refractivity contribution is 9.10. The number of aryl methyl sites for hydroxylation is 1. The highest BCUT2D eigenvalue weighted by Gasteiger charge is 2.35. The third-order valence-electron chi connectivity index (χ3n) is 5.19. The summed E-state index contributed by atoms with van der Waals surface area (Å²) in [6.45, 7) is 1.59. The van der Waals surface area contributed by atoms with E-state index in [1.165, 1.54) is 6.07 Å². The molecule has 0 spiro atoms. The number of ether oxygens (including phenoxy) is 1. The van der Waals surface area contributed by atoms with Gasteiger partial charge in [-0.2, -0.15) is 0 Å². The maximum absolute atomic E-state index is 14.0. The minimum absolute atomic E-state index is 0.129. The molecule has 6 nitrogen and oxygen atoms in total. The molecule has 3 aromatic rings. The minimum Gasteiger partial charge on any atom is -0.483 e. The summed E-state index contributed by atoms with van der Waals surface area (Å²) >= 11 is 4.22. The van der Waals surface area contributed by atoms with Gasteiger partial charge in [-0.05, 0) is 76.1 Å². The van der Waals surface area contributed by atoms with Gasteiger partial charge < -0.3 is 10.1 Å². The van der Waals surface area contributed by atoms with Crippen LogP contribution in [0.15, 0.2) is 76.1 Å². The van der Waals surface area contributed by atoms with E-state index in [0.29, 0.717) is 15.8 Å². The lowest BCUT2D eigenvalue weighted by Crippen LogP contribution is -2.27. The first kappa shape index (κ1) is 24.7. The molecule has 0 aliphatic carbocycles. The maximum Gasteiger partial charge on any atom is 0.293 e. The molecule has 0 aromatic heterocycles. The zero-order chi connectivity index (χ0) is 24.9. The van der Waals surface area contributed by atoms with Crippen molar-refractivity contribution in [3.05, 3.63) is 98.6 Å². The molecule has 1 heterocycles. The predicted octanol–water partition coefficient (Wildman–Crippen LogP) is 6.15. The lowest BCUT2D eigenvalue weighted by Gasteiger charge is -2.13. The van der Waals surface area contributed by atoms with Crippen LogP contribution in [0.1, 0.15) is 16.7 Å². The Balaban J connectivity index is 1.40. The average molecular weight is 555 g/mol. The first-order valence-corrected chi connectivity index (χ1v) is 12.2. The fraction of sp³-hybridized carbons (Fsp3) is 0.115. The second kappa shape index (κ2) is 10.9. The van der Waals surface area contributed by atoms with Crippen molar-refractivity contribution in [2.75, 3.05) is 11.9 Å². The van der Waals surface area contributed by atoms with Gasteiger partial charge in [-0.3, -0.25) is 19.3 Å². The zero-order valence-corrected chi connectivity index (χ0v) is 21.0. The summed E-state index contributed by atoms with van der Waals surface area (Å²) in [4.78, 5) is 38.6. The van der Waals surface area contributed by atoms with Crippen molar-refractivity contribution in [3.63, 3.8) is 0 Å². The lowest BCUT2D eigenvalue weighted by molar-refractivity contribution is -0.123. The minimum atomic E-state index is -0.479. The number of benzene rings is 3. The number of halogens is 2. The molecule has 3 amide bonds. The first-order valence-electron chi connectivity index (χ1n) is 10.6. The van der Waals surface area contributed by atoms with E-state index in [9.17, 15) is 18.8 Å². The average Bonchev–Trinajstić information content (AvgIpc) is 3.08. The Bertz CT molecular complexity index is 1340. The molecule has 1 fully saturated rings. The van der Waals surface area contributed by atoms with Gasteiger partial charge in [0.1, 0.15) is 11.6 Å². The Morgan fingerprint density at radius 2 is 1.86 bits per heavy atom. The SMILES string of the molecule is Cc1ccccc1NC(=O)COc1ccc(/C=C2\SC(=O)N(Cc3ccccc3F)C2=O)cc1Br. The van der Waals surface area contributed by atoms with E-state index in [0.717, 1.165) is 27.9 Å². The number of hydrogen-bond acceptors (Lipinski definition) is 5. The molecule has 35 heavy (non-hydrogen) atoms. The number of thioether (sulfide) groups is 1. The van der Waals surface area contributed by atoms with E-state index in [-0.39, 0.29) is 29.5 Å². The molecule has 0 saturated carbocycles. The van der Waals surface area contributed by atoms with E-state index in [1.54, 1.807) is 42.5 Å². The molecule has 0 atom stereocenters. The molecule has 0 bridgehead atoms. The number of amides is 3. The number of rotatable bonds is 7. The molecule has 0 unspecified atom stereocenters. The van der Waals surface area contributed by atoms with Crippen LogP contribution in [0.2, 0.25) is 0 Å². The molecule has 1 N–H and O–H groups in total. The van der Waals surface area contributed by atoms with Crippen LogP contribution in [0.25, 0.3) is 6.08 Å². The van der Waals surface area contributed by atoms with Gasteiger partial charge in [-0.25, -0.2) is 4.39 Å².